The highest BCUT2D eigenvalue weighted by Crippen LogP contribution is 2.26. The molecule has 1 amide bonds. The third-order valence-corrected chi connectivity index (χ3v) is 5.67. The Bertz CT molecular complexity index is 625. The SMILES string of the molecule is Cc1cc(OCCCC(C#N)C(=O)NCC2CCCCC2)cc(C)c1Cl. The molecule has 1 fully saturated rings. The second-order valence-electron chi connectivity index (χ2n) is 7.29. The van der Waals surface area contributed by atoms with Gasteiger partial charge in [-0.3, -0.25) is 4.79 Å². The summed E-state index contributed by atoms with van der Waals surface area (Å²) in [5, 5.41) is 13.0. The summed E-state index contributed by atoms with van der Waals surface area (Å²) in [4.78, 5) is 12.2. The lowest BCUT2D eigenvalue weighted by Gasteiger charge is -2.22. The summed E-state index contributed by atoms with van der Waals surface area (Å²) in [5.41, 5.74) is 1.97. The van der Waals surface area contributed by atoms with Crippen LogP contribution in [0.3, 0.4) is 0 Å². The number of hydrogen-bond acceptors (Lipinski definition) is 3. The van der Waals surface area contributed by atoms with Gasteiger partial charge in [-0.25, -0.2) is 0 Å². The number of ether oxygens (including phenoxy) is 1. The molecule has 0 heterocycles. The second kappa shape index (κ2) is 10.4. The second-order valence-corrected chi connectivity index (χ2v) is 7.67. The molecule has 1 aliphatic carbocycles. The largest absolute Gasteiger partial charge is 0.494 e. The van der Waals surface area contributed by atoms with Gasteiger partial charge in [0.15, 0.2) is 0 Å². The van der Waals surface area contributed by atoms with Crippen molar-refractivity contribution >= 4 is 17.5 Å². The Hall–Kier alpha value is -1.73. The van der Waals surface area contributed by atoms with Crippen molar-refractivity contribution in [2.45, 2.75) is 58.8 Å². The van der Waals surface area contributed by atoms with Crippen molar-refractivity contribution in [3.8, 4) is 11.8 Å². The third kappa shape index (κ3) is 6.21. The maximum atomic E-state index is 12.2. The molecule has 0 aromatic heterocycles. The maximum absolute atomic E-state index is 12.2. The molecule has 1 saturated carbocycles. The van der Waals surface area contributed by atoms with Gasteiger partial charge in [0.1, 0.15) is 11.7 Å². The minimum Gasteiger partial charge on any atom is -0.494 e. The van der Waals surface area contributed by atoms with E-state index in [1.807, 2.05) is 26.0 Å². The Morgan fingerprint density at radius 2 is 1.96 bits per heavy atom. The van der Waals surface area contributed by atoms with Crippen LogP contribution in [0.15, 0.2) is 12.1 Å². The molecule has 1 aliphatic rings. The van der Waals surface area contributed by atoms with Crippen LogP contribution in [0.4, 0.5) is 0 Å². The van der Waals surface area contributed by atoms with Crippen LogP contribution in [0.2, 0.25) is 5.02 Å². The van der Waals surface area contributed by atoms with Gasteiger partial charge < -0.3 is 10.1 Å². The highest BCUT2D eigenvalue weighted by atomic mass is 35.5. The molecule has 1 N–H and O–H groups in total. The molecule has 0 saturated heterocycles. The number of carbonyl (C=O) groups is 1. The Morgan fingerprint density at radius 1 is 1.31 bits per heavy atom. The monoisotopic (exact) mass is 376 g/mol. The zero-order chi connectivity index (χ0) is 18.9. The van der Waals surface area contributed by atoms with Crippen molar-refractivity contribution in [3.05, 3.63) is 28.3 Å². The van der Waals surface area contributed by atoms with Gasteiger partial charge >= 0.3 is 0 Å². The molecule has 0 aliphatic heterocycles. The minimum absolute atomic E-state index is 0.142. The van der Waals surface area contributed by atoms with Crippen molar-refractivity contribution in [2.24, 2.45) is 11.8 Å². The Balaban J connectivity index is 1.71. The molecular weight excluding hydrogens is 348 g/mol. The van der Waals surface area contributed by atoms with Gasteiger partial charge in [-0.05, 0) is 68.7 Å². The van der Waals surface area contributed by atoms with Crippen LogP contribution < -0.4 is 10.1 Å². The number of amides is 1. The predicted octanol–water partition coefficient (Wildman–Crippen LogP) is 4.95. The number of hydrogen-bond donors (Lipinski definition) is 1. The summed E-state index contributed by atoms with van der Waals surface area (Å²) >= 11 is 6.16. The summed E-state index contributed by atoms with van der Waals surface area (Å²) < 4.78 is 5.75. The van der Waals surface area contributed by atoms with Crippen LogP contribution in [0.5, 0.6) is 5.75 Å². The van der Waals surface area contributed by atoms with Crippen molar-refractivity contribution in [1.29, 1.82) is 5.26 Å². The molecule has 1 atom stereocenters. The fraction of sp³-hybridized carbons (Fsp3) is 0.619. The first-order chi connectivity index (χ1) is 12.5. The number of nitrogens with zero attached hydrogens (tertiary/aromatic N) is 1. The normalized spacial score (nSPS) is 15.9. The van der Waals surface area contributed by atoms with Crippen LogP contribution in [0, 0.1) is 37.0 Å². The van der Waals surface area contributed by atoms with E-state index in [-0.39, 0.29) is 5.91 Å². The molecule has 0 spiro atoms. The Morgan fingerprint density at radius 3 is 2.58 bits per heavy atom. The first-order valence-electron chi connectivity index (χ1n) is 9.58. The van der Waals surface area contributed by atoms with E-state index in [9.17, 15) is 10.1 Å². The van der Waals surface area contributed by atoms with E-state index in [1.165, 1.54) is 32.1 Å². The van der Waals surface area contributed by atoms with Gasteiger partial charge in [0.25, 0.3) is 0 Å². The highest BCUT2D eigenvalue weighted by molar-refractivity contribution is 6.32. The molecule has 142 valence electrons. The first-order valence-corrected chi connectivity index (χ1v) is 9.96. The van der Waals surface area contributed by atoms with Gasteiger partial charge in [-0.15, -0.1) is 0 Å². The molecule has 0 bridgehead atoms. The lowest BCUT2D eigenvalue weighted by atomic mass is 9.89. The molecule has 1 aromatic carbocycles. The number of carbonyl (C=O) groups excluding carboxylic acids is 1. The average molecular weight is 377 g/mol. The molecule has 5 heteroatoms. The van der Waals surface area contributed by atoms with E-state index in [1.54, 1.807) is 0 Å². The van der Waals surface area contributed by atoms with Gasteiger partial charge in [0.2, 0.25) is 5.91 Å². The van der Waals surface area contributed by atoms with Gasteiger partial charge in [0, 0.05) is 11.6 Å². The summed E-state index contributed by atoms with van der Waals surface area (Å²) in [5.74, 6) is 0.610. The Labute approximate surface area is 161 Å². The van der Waals surface area contributed by atoms with Gasteiger partial charge in [0.05, 0.1) is 12.7 Å². The van der Waals surface area contributed by atoms with E-state index in [0.29, 0.717) is 31.9 Å². The van der Waals surface area contributed by atoms with E-state index in [0.717, 1.165) is 21.9 Å². The molecular formula is C21H29ClN2O2. The standard InChI is InChI=1S/C21H29ClN2O2/c1-15-11-19(12-16(2)20(15)22)26-10-6-9-18(13-23)21(25)24-14-17-7-4-3-5-8-17/h11-12,17-18H,3-10,14H2,1-2H3,(H,24,25). The van der Waals surface area contributed by atoms with Gasteiger partial charge in [-0.1, -0.05) is 30.9 Å². The van der Waals surface area contributed by atoms with E-state index in [2.05, 4.69) is 11.4 Å². The number of benzene rings is 1. The molecule has 2 rings (SSSR count). The number of nitrogens with one attached hydrogen (secondary N) is 1. The van der Waals surface area contributed by atoms with E-state index in [4.69, 9.17) is 16.3 Å². The topological polar surface area (TPSA) is 62.1 Å². The summed E-state index contributed by atoms with van der Waals surface area (Å²) in [6.07, 6.45) is 7.36. The van der Waals surface area contributed by atoms with E-state index >= 15 is 0 Å². The number of nitriles is 1. The number of rotatable bonds is 8. The van der Waals surface area contributed by atoms with Gasteiger partial charge in [-0.2, -0.15) is 5.26 Å². The van der Waals surface area contributed by atoms with Crippen LogP contribution in [0.25, 0.3) is 0 Å². The average Bonchev–Trinajstić information content (AvgIpc) is 2.65. The number of aryl methyl sites for hydroxylation is 2. The summed E-state index contributed by atoms with van der Waals surface area (Å²) in [6.45, 7) is 5.08. The minimum atomic E-state index is -0.601. The van der Waals surface area contributed by atoms with Crippen LogP contribution in [0.1, 0.15) is 56.1 Å². The van der Waals surface area contributed by atoms with Crippen LogP contribution in [-0.2, 0) is 4.79 Å². The quantitative estimate of drug-likeness (QED) is 0.652. The fourth-order valence-electron chi connectivity index (χ4n) is 3.48. The smallest absolute Gasteiger partial charge is 0.237 e. The van der Waals surface area contributed by atoms with Crippen molar-refractivity contribution in [2.75, 3.05) is 13.2 Å². The molecule has 26 heavy (non-hydrogen) atoms. The summed E-state index contributed by atoms with van der Waals surface area (Å²) in [6, 6.07) is 5.95. The fourth-order valence-corrected chi connectivity index (χ4v) is 3.59. The van der Waals surface area contributed by atoms with Crippen LogP contribution >= 0.6 is 11.6 Å². The lowest BCUT2D eigenvalue weighted by Crippen LogP contribution is -2.34. The highest BCUT2D eigenvalue weighted by Gasteiger charge is 2.20. The zero-order valence-corrected chi connectivity index (χ0v) is 16.6. The van der Waals surface area contributed by atoms with Crippen LogP contribution in [-0.4, -0.2) is 19.1 Å². The molecule has 4 nitrogen and oxygen atoms in total. The Kier molecular flexibility index (Phi) is 8.25. The van der Waals surface area contributed by atoms with Crippen molar-refractivity contribution in [3.63, 3.8) is 0 Å². The third-order valence-electron chi connectivity index (χ3n) is 5.08. The molecule has 1 aromatic rings. The predicted molar refractivity (Wildman–Crippen MR) is 104 cm³/mol. The van der Waals surface area contributed by atoms with E-state index < -0.39 is 5.92 Å². The summed E-state index contributed by atoms with van der Waals surface area (Å²) in [7, 11) is 0. The number of halogens is 1. The van der Waals surface area contributed by atoms with Crippen molar-refractivity contribution < 1.29 is 9.53 Å². The molecule has 1 unspecified atom stereocenters. The zero-order valence-electron chi connectivity index (χ0n) is 15.8. The first kappa shape index (κ1) is 20.6. The maximum Gasteiger partial charge on any atom is 0.237 e. The molecule has 0 radical (unpaired) electrons. The lowest BCUT2D eigenvalue weighted by molar-refractivity contribution is -0.123. The van der Waals surface area contributed by atoms with Crippen molar-refractivity contribution in [1.82, 2.24) is 5.32 Å².